The molecule has 12 heavy (non-hydrogen) atoms. The van der Waals surface area contributed by atoms with E-state index in [0.29, 0.717) is 18.6 Å². The number of hydrogen-bond acceptors (Lipinski definition) is 4. The number of carbonyl (C=O) groups excluding carboxylic acids is 2. The van der Waals surface area contributed by atoms with E-state index >= 15 is 0 Å². The molecule has 0 aliphatic heterocycles. The molecule has 0 atom stereocenters. The lowest BCUT2D eigenvalue weighted by molar-refractivity contribution is -0.125. The van der Waals surface area contributed by atoms with E-state index in [9.17, 15) is 9.59 Å². The summed E-state index contributed by atoms with van der Waals surface area (Å²) < 4.78 is 0. The molecule has 0 spiro atoms. The third-order valence-electron chi connectivity index (χ3n) is 1.64. The van der Waals surface area contributed by atoms with Crippen LogP contribution in [0.4, 0.5) is 0 Å². The highest BCUT2D eigenvalue weighted by Gasteiger charge is 2.22. The zero-order valence-electron chi connectivity index (χ0n) is 7.33. The number of Topliss-reactive ketones (excluding diaryl/α,β-unsaturated/α-hetero) is 2. The van der Waals surface area contributed by atoms with Crippen LogP contribution in [0.3, 0.4) is 0 Å². The van der Waals surface area contributed by atoms with E-state index in [1.807, 2.05) is 0 Å². The van der Waals surface area contributed by atoms with E-state index in [1.165, 1.54) is 0 Å². The third-order valence-corrected chi connectivity index (χ3v) is 1.64. The van der Waals surface area contributed by atoms with Gasteiger partial charge in [0, 0.05) is 26.9 Å². The van der Waals surface area contributed by atoms with Crippen LogP contribution in [0, 0.1) is 0 Å². The molecule has 0 aromatic heterocycles. The number of nitrogens with zero attached hydrogens (tertiary/aromatic N) is 2. The first-order valence-electron chi connectivity index (χ1n) is 3.89. The molecule has 0 saturated heterocycles. The normalized spacial score (nSPS) is 21.7. The van der Waals surface area contributed by atoms with Gasteiger partial charge in [-0.15, -0.1) is 0 Å². The maximum Gasteiger partial charge on any atom is 0.186 e. The van der Waals surface area contributed by atoms with Crippen molar-refractivity contribution >= 4 is 17.3 Å². The molecule has 0 aromatic carbocycles. The van der Waals surface area contributed by atoms with Crippen molar-refractivity contribution in [2.45, 2.75) is 19.3 Å². The summed E-state index contributed by atoms with van der Waals surface area (Å²) in [6.07, 6.45) is 0.987. The molecule has 0 radical (unpaired) electrons. The molecule has 4 nitrogen and oxygen atoms in total. The summed E-state index contributed by atoms with van der Waals surface area (Å²) >= 11 is 0. The fourth-order valence-corrected chi connectivity index (χ4v) is 1.11. The summed E-state index contributed by atoms with van der Waals surface area (Å²) in [6, 6.07) is 0. The highest BCUT2D eigenvalue weighted by molar-refractivity contribution is 6.44. The molecule has 0 amide bonds. The summed E-state index contributed by atoms with van der Waals surface area (Å²) in [5.41, 5.74) is 0.527. The van der Waals surface area contributed by atoms with Gasteiger partial charge in [0.15, 0.2) is 5.78 Å². The van der Waals surface area contributed by atoms with E-state index in [1.54, 1.807) is 19.1 Å². The van der Waals surface area contributed by atoms with Gasteiger partial charge in [-0.3, -0.25) is 9.59 Å². The minimum Gasteiger partial charge on any atom is -0.303 e. The second-order valence-electron chi connectivity index (χ2n) is 3.03. The van der Waals surface area contributed by atoms with Crippen molar-refractivity contribution in [2.24, 2.45) is 5.10 Å². The fraction of sp³-hybridized carbons (Fsp3) is 0.625. The highest BCUT2D eigenvalue weighted by Crippen LogP contribution is 2.08. The van der Waals surface area contributed by atoms with Gasteiger partial charge in [0.2, 0.25) is 0 Å². The second kappa shape index (κ2) is 3.47. The van der Waals surface area contributed by atoms with Crippen LogP contribution in [0.25, 0.3) is 0 Å². The molecule has 1 aliphatic rings. The van der Waals surface area contributed by atoms with Gasteiger partial charge >= 0.3 is 0 Å². The lowest BCUT2D eigenvalue weighted by Gasteiger charge is -2.13. The molecule has 0 aromatic rings. The van der Waals surface area contributed by atoms with Crippen molar-refractivity contribution in [1.29, 1.82) is 0 Å². The summed E-state index contributed by atoms with van der Waals surface area (Å²) in [5, 5.41) is 5.59. The Morgan fingerprint density at radius 1 is 1.25 bits per heavy atom. The lowest BCUT2D eigenvalue weighted by Crippen LogP contribution is -2.26. The van der Waals surface area contributed by atoms with Gasteiger partial charge in [0.1, 0.15) is 11.5 Å². The van der Waals surface area contributed by atoms with Crippen LogP contribution in [0.2, 0.25) is 0 Å². The second-order valence-corrected chi connectivity index (χ2v) is 3.03. The molecule has 0 heterocycles. The van der Waals surface area contributed by atoms with Crippen molar-refractivity contribution in [1.82, 2.24) is 5.01 Å². The van der Waals surface area contributed by atoms with Gasteiger partial charge in [0.05, 0.1) is 6.42 Å². The van der Waals surface area contributed by atoms with E-state index in [2.05, 4.69) is 5.10 Å². The van der Waals surface area contributed by atoms with Gasteiger partial charge in [-0.25, -0.2) is 0 Å². The maximum atomic E-state index is 11.2. The third kappa shape index (κ3) is 2.15. The first-order valence-corrected chi connectivity index (χ1v) is 3.89. The van der Waals surface area contributed by atoms with Crippen LogP contribution in [-0.2, 0) is 9.59 Å². The smallest absolute Gasteiger partial charge is 0.186 e. The molecule has 1 saturated carbocycles. The van der Waals surface area contributed by atoms with Crippen LogP contribution in [0.15, 0.2) is 5.10 Å². The van der Waals surface area contributed by atoms with Crippen LogP contribution in [0.1, 0.15) is 19.3 Å². The Morgan fingerprint density at radius 2 is 1.92 bits per heavy atom. The van der Waals surface area contributed by atoms with Gasteiger partial charge in [-0.2, -0.15) is 5.10 Å². The SMILES string of the molecule is CN(C)/N=C1/CCC(=O)CC1=O. The van der Waals surface area contributed by atoms with E-state index < -0.39 is 0 Å². The Labute approximate surface area is 71.2 Å². The van der Waals surface area contributed by atoms with E-state index in [-0.39, 0.29) is 18.0 Å². The average molecular weight is 168 g/mol. The van der Waals surface area contributed by atoms with Gasteiger partial charge in [-0.05, 0) is 0 Å². The largest absolute Gasteiger partial charge is 0.303 e. The zero-order chi connectivity index (χ0) is 9.14. The number of hydrazone groups is 1. The van der Waals surface area contributed by atoms with Crippen molar-refractivity contribution in [3.8, 4) is 0 Å². The van der Waals surface area contributed by atoms with Crippen LogP contribution in [-0.4, -0.2) is 36.4 Å². The first-order chi connectivity index (χ1) is 5.59. The predicted octanol–water partition coefficient (Wildman–Crippen LogP) is 0.226. The van der Waals surface area contributed by atoms with E-state index in [4.69, 9.17) is 0 Å². The molecule has 0 N–H and O–H groups in total. The van der Waals surface area contributed by atoms with Crippen molar-refractivity contribution < 1.29 is 9.59 Å². The first kappa shape index (κ1) is 8.90. The Kier molecular flexibility index (Phi) is 2.58. The molecule has 0 unspecified atom stereocenters. The molecule has 4 heteroatoms. The molecular weight excluding hydrogens is 156 g/mol. The minimum absolute atomic E-state index is 0.0257. The molecule has 0 bridgehead atoms. The number of rotatable bonds is 1. The standard InChI is InChI=1S/C8H12N2O2/c1-10(2)9-7-4-3-6(11)5-8(7)12/h3-5H2,1-2H3/b9-7-. The Morgan fingerprint density at radius 3 is 2.42 bits per heavy atom. The summed E-state index contributed by atoms with van der Waals surface area (Å²) in [6.45, 7) is 0. The van der Waals surface area contributed by atoms with Gasteiger partial charge in [-0.1, -0.05) is 0 Å². The maximum absolute atomic E-state index is 11.2. The molecule has 1 rings (SSSR count). The monoisotopic (exact) mass is 168 g/mol. The number of carbonyl (C=O) groups is 2. The Hall–Kier alpha value is -1.19. The van der Waals surface area contributed by atoms with Crippen LogP contribution in [0.5, 0.6) is 0 Å². The van der Waals surface area contributed by atoms with Crippen LogP contribution >= 0.6 is 0 Å². The number of hydrogen-bond donors (Lipinski definition) is 0. The highest BCUT2D eigenvalue weighted by atomic mass is 16.1. The van der Waals surface area contributed by atoms with E-state index in [0.717, 1.165) is 0 Å². The topological polar surface area (TPSA) is 49.7 Å². The van der Waals surface area contributed by atoms with Crippen molar-refractivity contribution in [3.63, 3.8) is 0 Å². The average Bonchev–Trinajstić information content (AvgIpc) is 1.94. The number of ketones is 2. The predicted molar refractivity (Wildman–Crippen MR) is 45.0 cm³/mol. The Bertz CT molecular complexity index is 243. The Balaban J connectivity index is 2.68. The fourth-order valence-electron chi connectivity index (χ4n) is 1.11. The van der Waals surface area contributed by atoms with Crippen molar-refractivity contribution in [2.75, 3.05) is 14.1 Å². The van der Waals surface area contributed by atoms with Gasteiger partial charge in [0.25, 0.3) is 0 Å². The summed E-state index contributed by atoms with van der Waals surface area (Å²) in [4.78, 5) is 22.0. The molecule has 66 valence electrons. The quantitative estimate of drug-likeness (QED) is 0.416. The van der Waals surface area contributed by atoms with Crippen LogP contribution < -0.4 is 0 Å². The van der Waals surface area contributed by atoms with Gasteiger partial charge < -0.3 is 5.01 Å². The molecule has 1 fully saturated rings. The lowest BCUT2D eigenvalue weighted by atomic mass is 9.96. The minimum atomic E-state index is -0.125. The summed E-state index contributed by atoms with van der Waals surface area (Å²) in [5.74, 6) is -0.0994. The molecule has 1 aliphatic carbocycles. The van der Waals surface area contributed by atoms with Crippen molar-refractivity contribution in [3.05, 3.63) is 0 Å². The summed E-state index contributed by atoms with van der Waals surface area (Å²) in [7, 11) is 3.52. The zero-order valence-corrected chi connectivity index (χ0v) is 7.33. The molecular formula is C8H12N2O2.